The lowest BCUT2D eigenvalue weighted by Gasteiger charge is -2.13. The topological polar surface area (TPSA) is 111 Å². The first-order valence-corrected chi connectivity index (χ1v) is 10.3. The van der Waals surface area contributed by atoms with Crippen molar-refractivity contribution in [2.24, 2.45) is 0 Å². The van der Waals surface area contributed by atoms with Gasteiger partial charge in [-0.25, -0.2) is 22.5 Å². The van der Waals surface area contributed by atoms with Crippen LogP contribution in [0.4, 0.5) is 11.5 Å². The van der Waals surface area contributed by atoms with E-state index in [9.17, 15) is 13.2 Å². The van der Waals surface area contributed by atoms with Crippen LogP contribution in [-0.4, -0.2) is 44.9 Å². The number of esters is 1. The fourth-order valence-electron chi connectivity index (χ4n) is 2.51. The minimum atomic E-state index is -3.70. The summed E-state index contributed by atoms with van der Waals surface area (Å²) < 4.78 is 41.1. The van der Waals surface area contributed by atoms with Gasteiger partial charge in [0.25, 0.3) is 10.0 Å². The SMILES string of the molecule is COc1ccccc1Nc1ncccc1C(=O)OCc1ccc(S(=O)(=O)N(C)C)o1. The van der Waals surface area contributed by atoms with Gasteiger partial charge in [-0.15, -0.1) is 0 Å². The Morgan fingerprint density at radius 1 is 1.13 bits per heavy atom. The molecule has 0 aliphatic heterocycles. The Morgan fingerprint density at radius 3 is 2.63 bits per heavy atom. The summed E-state index contributed by atoms with van der Waals surface area (Å²) in [5, 5.41) is 2.84. The van der Waals surface area contributed by atoms with Crippen molar-refractivity contribution < 1.29 is 27.1 Å². The number of para-hydroxylation sites is 2. The van der Waals surface area contributed by atoms with Crippen molar-refractivity contribution in [1.29, 1.82) is 0 Å². The highest BCUT2D eigenvalue weighted by Crippen LogP contribution is 2.28. The van der Waals surface area contributed by atoms with Gasteiger partial charge < -0.3 is 19.2 Å². The van der Waals surface area contributed by atoms with Crippen molar-refractivity contribution in [3.63, 3.8) is 0 Å². The minimum absolute atomic E-state index is 0.201. The zero-order valence-electron chi connectivity index (χ0n) is 16.7. The van der Waals surface area contributed by atoms with E-state index in [1.54, 1.807) is 37.6 Å². The van der Waals surface area contributed by atoms with Gasteiger partial charge in [-0.05, 0) is 36.4 Å². The fourth-order valence-corrected chi connectivity index (χ4v) is 3.33. The second kappa shape index (κ2) is 8.97. The van der Waals surface area contributed by atoms with Gasteiger partial charge in [0.15, 0.2) is 0 Å². The van der Waals surface area contributed by atoms with E-state index in [2.05, 4.69) is 10.3 Å². The van der Waals surface area contributed by atoms with Gasteiger partial charge in [-0.3, -0.25) is 0 Å². The lowest BCUT2D eigenvalue weighted by atomic mass is 10.2. The number of sulfonamides is 1. The number of ether oxygens (including phenoxy) is 2. The Balaban J connectivity index is 1.74. The highest BCUT2D eigenvalue weighted by Gasteiger charge is 2.22. The molecule has 1 N–H and O–H groups in total. The number of carbonyl (C=O) groups excluding carboxylic acids is 1. The van der Waals surface area contributed by atoms with Crippen molar-refractivity contribution in [3.8, 4) is 5.75 Å². The number of rotatable bonds is 8. The highest BCUT2D eigenvalue weighted by atomic mass is 32.2. The number of methoxy groups -OCH3 is 1. The van der Waals surface area contributed by atoms with Crippen LogP contribution < -0.4 is 10.1 Å². The van der Waals surface area contributed by atoms with E-state index in [4.69, 9.17) is 13.9 Å². The normalized spacial score (nSPS) is 11.3. The molecule has 10 heteroatoms. The average molecular weight is 431 g/mol. The highest BCUT2D eigenvalue weighted by molar-refractivity contribution is 7.88. The van der Waals surface area contributed by atoms with Crippen LogP contribution in [-0.2, 0) is 21.4 Å². The third-order valence-electron chi connectivity index (χ3n) is 4.11. The second-order valence-corrected chi connectivity index (χ2v) is 8.39. The van der Waals surface area contributed by atoms with Crippen LogP contribution in [0.3, 0.4) is 0 Å². The van der Waals surface area contributed by atoms with E-state index < -0.39 is 16.0 Å². The van der Waals surface area contributed by atoms with Gasteiger partial charge in [0.1, 0.15) is 29.5 Å². The lowest BCUT2D eigenvalue weighted by Crippen LogP contribution is -2.21. The first kappa shape index (κ1) is 21.3. The first-order valence-electron chi connectivity index (χ1n) is 8.86. The standard InChI is InChI=1S/C20H21N3O6S/c1-23(2)30(25,26)18-11-10-14(29-18)13-28-20(24)15-7-6-12-21-19(15)22-16-8-4-5-9-17(16)27-3/h4-12H,13H2,1-3H3,(H,21,22). The molecule has 3 rings (SSSR count). The molecule has 0 unspecified atom stereocenters. The van der Waals surface area contributed by atoms with Crippen LogP contribution in [0.25, 0.3) is 0 Å². The van der Waals surface area contributed by atoms with Crippen molar-refractivity contribution in [3.05, 3.63) is 66.1 Å². The van der Waals surface area contributed by atoms with E-state index in [-0.39, 0.29) is 23.0 Å². The van der Waals surface area contributed by atoms with Crippen LogP contribution in [0, 0.1) is 0 Å². The summed E-state index contributed by atoms with van der Waals surface area (Å²) in [6.45, 7) is -0.231. The monoisotopic (exact) mass is 431 g/mol. The van der Waals surface area contributed by atoms with Crippen LogP contribution >= 0.6 is 0 Å². The third-order valence-corrected chi connectivity index (χ3v) is 5.79. The largest absolute Gasteiger partial charge is 0.495 e. The molecule has 158 valence electrons. The van der Waals surface area contributed by atoms with Gasteiger partial charge in [-0.2, -0.15) is 0 Å². The molecule has 0 atom stereocenters. The molecule has 0 saturated carbocycles. The molecule has 0 saturated heterocycles. The summed E-state index contributed by atoms with van der Waals surface area (Å²) in [5.41, 5.74) is 0.841. The van der Waals surface area contributed by atoms with E-state index in [1.165, 1.54) is 26.2 Å². The molecule has 0 bridgehead atoms. The van der Waals surface area contributed by atoms with Gasteiger partial charge >= 0.3 is 5.97 Å². The predicted octanol–water partition coefficient (Wildman–Crippen LogP) is 3.03. The first-order chi connectivity index (χ1) is 14.3. The van der Waals surface area contributed by atoms with Gasteiger partial charge in [0, 0.05) is 20.3 Å². The van der Waals surface area contributed by atoms with Gasteiger partial charge in [0.2, 0.25) is 5.09 Å². The van der Waals surface area contributed by atoms with Crippen molar-refractivity contribution in [1.82, 2.24) is 9.29 Å². The maximum absolute atomic E-state index is 12.6. The molecule has 0 aliphatic rings. The number of furan rings is 1. The Hall–Kier alpha value is -3.37. The molecule has 0 amide bonds. The maximum atomic E-state index is 12.6. The molecule has 1 aromatic carbocycles. The van der Waals surface area contributed by atoms with Crippen LogP contribution in [0.1, 0.15) is 16.1 Å². The molecule has 2 aromatic heterocycles. The molecule has 30 heavy (non-hydrogen) atoms. The van der Waals surface area contributed by atoms with Crippen molar-refractivity contribution in [2.75, 3.05) is 26.5 Å². The summed E-state index contributed by atoms with van der Waals surface area (Å²) in [4.78, 5) is 16.8. The molecule has 9 nitrogen and oxygen atoms in total. The summed E-state index contributed by atoms with van der Waals surface area (Å²) in [5.74, 6) is 0.441. The second-order valence-electron chi connectivity index (χ2n) is 6.31. The fraction of sp³-hybridized carbons (Fsp3) is 0.200. The van der Waals surface area contributed by atoms with Crippen molar-refractivity contribution >= 4 is 27.5 Å². The number of aromatic nitrogens is 1. The Labute approximate surface area is 174 Å². The lowest BCUT2D eigenvalue weighted by molar-refractivity contribution is 0.0441. The summed E-state index contributed by atoms with van der Waals surface area (Å²) in [7, 11) is 0.642. The number of pyridine rings is 1. The Bertz CT molecular complexity index is 1140. The Morgan fingerprint density at radius 2 is 1.90 bits per heavy atom. The van der Waals surface area contributed by atoms with E-state index >= 15 is 0 Å². The van der Waals surface area contributed by atoms with E-state index in [0.29, 0.717) is 17.3 Å². The van der Waals surface area contributed by atoms with Crippen molar-refractivity contribution in [2.45, 2.75) is 11.7 Å². The zero-order valence-corrected chi connectivity index (χ0v) is 17.5. The zero-order chi connectivity index (χ0) is 21.7. The molecule has 2 heterocycles. The van der Waals surface area contributed by atoms with E-state index in [0.717, 1.165) is 4.31 Å². The third kappa shape index (κ3) is 4.61. The Kier molecular flexibility index (Phi) is 6.38. The summed E-state index contributed by atoms with van der Waals surface area (Å²) in [6.07, 6.45) is 1.54. The molecule has 3 aromatic rings. The number of nitrogens with one attached hydrogen (secondary N) is 1. The molecule has 0 spiro atoms. The number of benzene rings is 1. The number of nitrogens with zero attached hydrogens (tertiary/aromatic N) is 2. The molecule has 0 radical (unpaired) electrons. The summed E-state index contributed by atoms with van der Waals surface area (Å²) in [6, 6.07) is 13.2. The molecule has 0 aliphatic carbocycles. The number of hydrogen-bond acceptors (Lipinski definition) is 8. The predicted molar refractivity (Wildman–Crippen MR) is 109 cm³/mol. The average Bonchev–Trinajstić information content (AvgIpc) is 3.22. The molecular formula is C20H21N3O6S. The number of carbonyl (C=O) groups is 1. The quantitative estimate of drug-likeness (QED) is 0.542. The van der Waals surface area contributed by atoms with Crippen LogP contribution in [0.2, 0.25) is 0 Å². The minimum Gasteiger partial charge on any atom is -0.495 e. The van der Waals surface area contributed by atoms with E-state index in [1.807, 2.05) is 12.1 Å². The molecule has 0 fully saturated rings. The summed E-state index contributed by atoms with van der Waals surface area (Å²) >= 11 is 0. The van der Waals surface area contributed by atoms with Gasteiger partial charge in [0.05, 0.1) is 12.8 Å². The number of hydrogen-bond donors (Lipinski definition) is 1. The van der Waals surface area contributed by atoms with Gasteiger partial charge in [-0.1, -0.05) is 12.1 Å². The smallest absolute Gasteiger partial charge is 0.342 e. The van der Waals surface area contributed by atoms with Crippen LogP contribution in [0.15, 0.2) is 64.2 Å². The maximum Gasteiger partial charge on any atom is 0.342 e. The molecular weight excluding hydrogens is 410 g/mol. The number of anilines is 2. The van der Waals surface area contributed by atoms with Crippen LogP contribution in [0.5, 0.6) is 5.75 Å².